The van der Waals surface area contributed by atoms with Crippen LogP contribution in [0.25, 0.3) is 0 Å². The number of fused-ring (bicyclic) bond motifs is 1. The van der Waals surface area contributed by atoms with Crippen molar-refractivity contribution in [3.05, 3.63) is 29.3 Å². The number of hydrogen-bond donors (Lipinski definition) is 0. The smallest absolute Gasteiger partial charge is 0.225 e. The van der Waals surface area contributed by atoms with Crippen LogP contribution in [-0.4, -0.2) is 35.3 Å². The zero-order chi connectivity index (χ0) is 17.8. The minimum atomic E-state index is -0.423. The fraction of sp³-hybridized carbons (Fsp3) is 0.619. The standard InChI is InChI=1S/C21H27NO3/c1-20(2,3)15-6-7-18-16(12-15)17(23)13-21(25-18)8-10-22(11-9-21)19(24)14-4-5-14/h6-7,12,14H,4-5,8-11,13H2,1-3H3. The Morgan fingerprint density at radius 3 is 2.48 bits per heavy atom. The second-order valence-electron chi connectivity index (χ2n) is 8.95. The summed E-state index contributed by atoms with van der Waals surface area (Å²) < 4.78 is 6.34. The highest BCUT2D eigenvalue weighted by Crippen LogP contribution is 2.41. The van der Waals surface area contributed by atoms with Crippen LogP contribution in [0.4, 0.5) is 0 Å². The van der Waals surface area contributed by atoms with E-state index in [1.807, 2.05) is 17.0 Å². The molecule has 1 saturated carbocycles. The monoisotopic (exact) mass is 341 g/mol. The molecule has 0 bridgehead atoms. The van der Waals surface area contributed by atoms with Crippen LogP contribution in [0.2, 0.25) is 0 Å². The van der Waals surface area contributed by atoms with E-state index in [9.17, 15) is 9.59 Å². The quantitative estimate of drug-likeness (QED) is 0.782. The molecule has 0 radical (unpaired) electrons. The first kappa shape index (κ1) is 16.6. The molecule has 2 heterocycles. The molecular weight excluding hydrogens is 314 g/mol. The lowest BCUT2D eigenvalue weighted by atomic mass is 9.80. The molecule has 0 N–H and O–H groups in total. The number of amides is 1. The van der Waals surface area contributed by atoms with Crippen molar-refractivity contribution < 1.29 is 14.3 Å². The van der Waals surface area contributed by atoms with Gasteiger partial charge in [0.25, 0.3) is 0 Å². The molecule has 1 saturated heterocycles. The predicted molar refractivity (Wildman–Crippen MR) is 96.0 cm³/mol. The largest absolute Gasteiger partial charge is 0.486 e. The fourth-order valence-corrected chi connectivity index (χ4v) is 3.96. The molecule has 0 aromatic heterocycles. The van der Waals surface area contributed by atoms with Crippen molar-refractivity contribution in [3.8, 4) is 5.75 Å². The minimum Gasteiger partial charge on any atom is -0.486 e. The SMILES string of the molecule is CC(C)(C)c1ccc2c(c1)C(=O)CC1(CCN(C(=O)C3CC3)CC1)O2. The summed E-state index contributed by atoms with van der Waals surface area (Å²) in [5.41, 5.74) is 1.46. The van der Waals surface area contributed by atoms with Crippen LogP contribution >= 0.6 is 0 Å². The van der Waals surface area contributed by atoms with Crippen LogP contribution in [0.5, 0.6) is 5.75 Å². The molecule has 4 nitrogen and oxygen atoms in total. The highest BCUT2D eigenvalue weighted by molar-refractivity contribution is 6.00. The van der Waals surface area contributed by atoms with E-state index < -0.39 is 5.60 Å². The maximum absolute atomic E-state index is 12.8. The van der Waals surface area contributed by atoms with E-state index in [-0.39, 0.29) is 17.1 Å². The number of ketones is 1. The van der Waals surface area contributed by atoms with Crippen molar-refractivity contribution in [1.82, 2.24) is 4.90 Å². The molecule has 1 aliphatic carbocycles. The third kappa shape index (κ3) is 3.07. The lowest BCUT2D eigenvalue weighted by Gasteiger charge is -2.44. The topological polar surface area (TPSA) is 46.6 Å². The lowest BCUT2D eigenvalue weighted by Crippen LogP contribution is -2.52. The number of benzene rings is 1. The first-order valence-corrected chi connectivity index (χ1v) is 9.43. The molecular formula is C21H27NO3. The number of carbonyl (C=O) groups is 2. The number of rotatable bonds is 1. The minimum absolute atomic E-state index is 0.0129. The lowest BCUT2D eigenvalue weighted by molar-refractivity contribution is -0.136. The third-order valence-corrected chi connectivity index (χ3v) is 5.87. The molecule has 134 valence electrons. The normalized spacial score (nSPS) is 22.5. The second-order valence-corrected chi connectivity index (χ2v) is 8.95. The van der Waals surface area contributed by atoms with E-state index in [1.54, 1.807) is 0 Å². The first-order valence-electron chi connectivity index (χ1n) is 9.43. The Morgan fingerprint density at radius 2 is 1.88 bits per heavy atom. The maximum Gasteiger partial charge on any atom is 0.225 e. The number of carbonyl (C=O) groups excluding carboxylic acids is 2. The molecule has 25 heavy (non-hydrogen) atoms. The summed E-state index contributed by atoms with van der Waals surface area (Å²) in [7, 11) is 0. The first-order chi connectivity index (χ1) is 11.8. The highest BCUT2D eigenvalue weighted by Gasteiger charge is 2.45. The van der Waals surface area contributed by atoms with Gasteiger partial charge in [-0.2, -0.15) is 0 Å². The van der Waals surface area contributed by atoms with Crippen LogP contribution in [0, 0.1) is 5.92 Å². The van der Waals surface area contributed by atoms with Gasteiger partial charge in [-0.3, -0.25) is 9.59 Å². The van der Waals surface area contributed by atoms with Gasteiger partial charge in [-0.1, -0.05) is 26.8 Å². The van der Waals surface area contributed by atoms with E-state index >= 15 is 0 Å². The van der Waals surface area contributed by atoms with E-state index in [1.165, 1.54) is 0 Å². The van der Waals surface area contributed by atoms with Gasteiger partial charge in [0, 0.05) is 31.8 Å². The number of likely N-dealkylation sites (tertiary alicyclic amines) is 1. The molecule has 1 amide bonds. The number of Topliss-reactive ketones (excluding diaryl/α,β-unsaturated/α-hetero) is 1. The van der Waals surface area contributed by atoms with Crippen LogP contribution in [0.15, 0.2) is 18.2 Å². The highest BCUT2D eigenvalue weighted by atomic mass is 16.5. The van der Waals surface area contributed by atoms with Gasteiger partial charge in [-0.05, 0) is 36.0 Å². The van der Waals surface area contributed by atoms with Crippen molar-refractivity contribution in [2.24, 2.45) is 5.92 Å². The van der Waals surface area contributed by atoms with Gasteiger partial charge in [0.2, 0.25) is 5.91 Å². The molecule has 0 unspecified atom stereocenters. The summed E-state index contributed by atoms with van der Waals surface area (Å²) in [5.74, 6) is 1.45. The van der Waals surface area contributed by atoms with Crippen molar-refractivity contribution in [1.29, 1.82) is 0 Å². The number of piperidine rings is 1. The predicted octanol–water partition coefficient (Wildman–Crippen LogP) is 3.72. The summed E-state index contributed by atoms with van der Waals surface area (Å²) in [4.78, 5) is 27.0. The zero-order valence-electron chi connectivity index (χ0n) is 15.4. The Hall–Kier alpha value is -1.84. The van der Waals surface area contributed by atoms with Crippen molar-refractivity contribution in [2.45, 2.75) is 63.9 Å². The van der Waals surface area contributed by atoms with Gasteiger partial charge < -0.3 is 9.64 Å². The number of hydrogen-bond acceptors (Lipinski definition) is 3. The van der Waals surface area contributed by atoms with E-state index in [0.717, 1.165) is 36.8 Å². The summed E-state index contributed by atoms with van der Waals surface area (Å²) in [6, 6.07) is 6.02. The van der Waals surface area contributed by atoms with Gasteiger partial charge in [0.1, 0.15) is 11.4 Å². The Labute approximate surface area is 149 Å². The van der Waals surface area contributed by atoms with Crippen LogP contribution in [-0.2, 0) is 10.2 Å². The summed E-state index contributed by atoms with van der Waals surface area (Å²) in [5, 5.41) is 0. The molecule has 2 fully saturated rings. The van der Waals surface area contributed by atoms with Crippen molar-refractivity contribution in [3.63, 3.8) is 0 Å². The Balaban J connectivity index is 1.52. The van der Waals surface area contributed by atoms with Gasteiger partial charge >= 0.3 is 0 Å². The van der Waals surface area contributed by atoms with Gasteiger partial charge in [-0.25, -0.2) is 0 Å². The van der Waals surface area contributed by atoms with E-state index in [0.29, 0.717) is 31.2 Å². The van der Waals surface area contributed by atoms with Crippen LogP contribution < -0.4 is 4.74 Å². The molecule has 1 spiro atoms. The molecule has 0 atom stereocenters. The maximum atomic E-state index is 12.8. The van der Waals surface area contributed by atoms with Crippen LogP contribution in [0.3, 0.4) is 0 Å². The molecule has 2 aliphatic heterocycles. The Kier molecular flexibility index (Phi) is 3.71. The fourth-order valence-electron chi connectivity index (χ4n) is 3.96. The number of ether oxygens (including phenoxy) is 1. The summed E-state index contributed by atoms with van der Waals surface area (Å²) >= 11 is 0. The Bertz CT molecular complexity index is 719. The molecule has 1 aromatic rings. The van der Waals surface area contributed by atoms with Gasteiger partial charge in [0.15, 0.2) is 5.78 Å². The summed E-state index contributed by atoms with van der Waals surface area (Å²) in [6.07, 6.45) is 4.01. The molecule has 1 aromatic carbocycles. The molecule has 4 rings (SSSR count). The third-order valence-electron chi connectivity index (χ3n) is 5.87. The van der Waals surface area contributed by atoms with Crippen LogP contribution in [0.1, 0.15) is 68.8 Å². The van der Waals surface area contributed by atoms with Gasteiger partial charge in [0.05, 0.1) is 12.0 Å². The van der Waals surface area contributed by atoms with Crippen molar-refractivity contribution in [2.75, 3.05) is 13.1 Å². The second kappa shape index (κ2) is 5.58. The van der Waals surface area contributed by atoms with Crippen molar-refractivity contribution >= 4 is 11.7 Å². The van der Waals surface area contributed by atoms with Gasteiger partial charge in [-0.15, -0.1) is 0 Å². The molecule has 3 aliphatic rings. The Morgan fingerprint density at radius 1 is 1.20 bits per heavy atom. The number of nitrogens with zero attached hydrogens (tertiary/aromatic N) is 1. The summed E-state index contributed by atoms with van der Waals surface area (Å²) in [6.45, 7) is 7.86. The average molecular weight is 341 g/mol. The van der Waals surface area contributed by atoms with E-state index in [4.69, 9.17) is 4.74 Å². The van der Waals surface area contributed by atoms with E-state index in [2.05, 4.69) is 26.8 Å². The zero-order valence-corrected chi connectivity index (χ0v) is 15.4. The average Bonchev–Trinajstić information content (AvgIpc) is 3.38. The molecule has 4 heteroatoms.